The minimum Gasteiger partial charge on any atom is -0.445 e. The third-order valence-electron chi connectivity index (χ3n) is 5.47. The maximum absolute atomic E-state index is 12.9. The zero-order chi connectivity index (χ0) is 20.3. The van der Waals surface area contributed by atoms with Gasteiger partial charge >= 0.3 is 6.09 Å². The lowest BCUT2D eigenvalue weighted by Gasteiger charge is -2.44. The van der Waals surface area contributed by atoms with Gasteiger partial charge in [-0.2, -0.15) is 5.21 Å². The molecule has 2 aromatic carbocycles. The Bertz CT molecular complexity index is 1050. The fraction of sp³-hybridized carbons (Fsp3) is 0.273. The van der Waals surface area contributed by atoms with E-state index < -0.39 is 0 Å². The predicted octanol–water partition coefficient (Wildman–Crippen LogP) is 3.06. The summed E-state index contributed by atoms with van der Waals surface area (Å²) in [6.07, 6.45) is 2.46. The monoisotopic (exact) mass is 403 g/mol. The summed E-state index contributed by atoms with van der Waals surface area (Å²) in [5.74, 6) is 0.553. The second-order valence-corrected chi connectivity index (χ2v) is 7.38. The van der Waals surface area contributed by atoms with E-state index in [0.29, 0.717) is 25.5 Å². The smallest absolute Gasteiger partial charge is 0.411 e. The van der Waals surface area contributed by atoms with Crippen LogP contribution in [0.4, 0.5) is 4.79 Å². The number of H-pyrrole nitrogens is 1. The molecule has 2 atom stereocenters. The number of aromatic nitrogens is 4. The molecule has 2 aliphatic rings. The lowest BCUT2D eigenvalue weighted by atomic mass is 9.88. The van der Waals surface area contributed by atoms with Gasteiger partial charge in [0.2, 0.25) is 5.82 Å². The van der Waals surface area contributed by atoms with E-state index in [9.17, 15) is 4.79 Å². The Morgan fingerprint density at radius 2 is 1.90 bits per heavy atom. The van der Waals surface area contributed by atoms with E-state index in [1.807, 2.05) is 53.4 Å². The van der Waals surface area contributed by atoms with Crippen LogP contribution < -0.4 is 0 Å². The van der Waals surface area contributed by atoms with Crippen LogP contribution in [-0.2, 0) is 16.1 Å². The predicted molar refractivity (Wildman–Crippen MR) is 109 cm³/mol. The van der Waals surface area contributed by atoms with Crippen molar-refractivity contribution in [3.05, 3.63) is 71.8 Å². The molecule has 0 saturated carbocycles. The highest BCUT2D eigenvalue weighted by atomic mass is 16.6. The first kappa shape index (κ1) is 18.5. The number of hydrogen-bond donors (Lipinski definition) is 1. The minimum atomic E-state index is -0.307. The van der Waals surface area contributed by atoms with Crippen LogP contribution in [0, 0.1) is 0 Å². The van der Waals surface area contributed by atoms with Gasteiger partial charge in [0.25, 0.3) is 0 Å². The minimum absolute atomic E-state index is 0.0784. The number of aromatic amines is 1. The van der Waals surface area contributed by atoms with Crippen molar-refractivity contribution in [3.8, 4) is 11.4 Å². The fourth-order valence-electron chi connectivity index (χ4n) is 4.11. The molecular weight excluding hydrogens is 382 g/mol. The van der Waals surface area contributed by atoms with Gasteiger partial charge in [-0.25, -0.2) is 4.79 Å². The maximum atomic E-state index is 12.9. The summed E-state index contributed by atoms with van der Waals surface area (Å²) in [6, 6.07) is 17.4. The number of benzene rings is 2. The number of rotatable bonds is 4. The SMILES string of the molecule is O=C(OCc1ccccc1)N1C2C=C(c3ccccc3-c3nn[nH]n3)CC1COC2. The van der Waals surface area contributed by atoms with Gasteiger partial charge in [-0.1, -0.05) is 60.7 Å². The van der Waals surface area contributed by atoms with Crippen molar-refractivity contribution in [2.75, 3.05) is 13.2 Å². The molecule has 0 aliphatic carbocycles. The average Bonchev–Trinajstić information content (AvgIpc) is 3.32. The van der Waals surface area contributed by atoms with E-state index in [1.165, 1.54) is 0 Å². The number of carbonyl (C=O) groups is 1. The van der Waals surface area contributed by atoms with Gasteiger partial charge in [-0.3, -0.25) is 4.90 Å². The number of hydrogen-bond acceptors (Lipinski definition) is 6. The summed E-state index contributed by atoms with van der Waals surface area (Å²) in [6.45, 7) is 1.19. The molecular formula is C22H21N5O3. The van der Waals surface area contributed by atoms with Crippen molar-refractivity contribution < 1.29 is 14.3 Å². The largest absolute Gasteiger partial charge is 0.445 e. The van der Waals surface area contributed by atoms with E-state index in [2.05, 4.69) is 32.8 Å². The first-order chi connectivity index (χ1) is 14.8. The fourth-order valence-corrected chi connectivity index (χ4v) is 4.11. The molecule has 152 valence electrons. The highest BCUT2D eigenvalue weighted by Gasteiger charge is 2.39. The topological polar surface area (TPSA) is 93.2 Å². The Labute approximate surface area is 173 Å². The van der Waals surface area contributed by atoms with E-state index in [4.69, 9.17) is 9.47 Å². The molecule has 3 heterocycles. The van der Waals surface area contributed by atoms with Gasteiger partial charge in [-0.15, -0.1) is 10.2 Å². The molecule has 8 nitrogen and oxygen atoms in total. The maximum Gasteiger partial charge on any atom is 0.411 e. The third kappa shape index (κ3) is 3.57. The zero-order valence-electron chi connectivity index (χ0n) is 16.3. The van der Waals surface area contributed by atoms with E-state index in [1.54, 1.807) is 0 Å². The van der Waals surface area contributed by atoms with E-state index in [0.717, 1.165) is 22.3 Å². The zero-order valence-corrected chi connectivity index (χ0v) is 16.3. The van der Waals surface area contributed by atoms with Crippen LogP contribution in [0.3, 0.4) is 0 Å². The normalized spacial score (nSPS) is 20.5. The Morgan fingerprint density at radius 1 is 1.10 bits per heavy atom. The molecule has 2 bridgehead atoms. The molecule has 30 heavy (non-hydrogen) atoms. The van der Waals surface area contributed by atoms with Crippen LogP contribution in [0.1, 0.15) is 17.5 Å². The van der Waals surface area contributed by atoms with Gasteiger partial charge in [0, 0.05) is 5.56 Å². The number of tetrazole rings is 1. The molecule has 1 aromatic heterocycles. The number of morpholine rings is 1. The second kappa shape index (κ2) is 8.08. The molecule has 2 unspecified atom stereocenters. The highest BCUT2D eigenvalue weighted by molar-refractivity contribution is 5.81. The molecule has 1 N–H and O–H groups in total. The molecule has 1 saturated heterocycles. The molecule has 0 spiro atoms. The van der Waals surface area contributed by atoms with Gasteiger partial charge in [0.05, 0.1) is 25.3 Å². The molecule has 1 amide bonds. The number of fused-ring (bicyclic) bond motifs is 2. The van der Waals surface area contributed by atoms with Crippen LogP contribution >= 0.6 is 0 Å². The summed E-state index contributed by atoms with van der Waals surface area (Å²) < 4.78 is 11.3. The highest BCUT2D eigenvalue weighted by Crippen LogP contribution is 2.36. The van der Waals surface area contributed by atoms with Crippen LogP contribution in [0.25, 0.3) is 17.0 Å². The Morgan fingerprint density at radius 3 is 2.67 bits per heavy atom. The van der Waals surface area contributed by atoms with Gasteiger partial charge in [0.15, 0.2) is 0 Å². The first-order valence-electron chi connectivity index (χ1n) is 9.90. The number of ether oxygens (including phenoxy) is 2. The third-order valence-corrected chi connectivity index (χ3v) is 5.47. The summed E-state index contributed by atoms with van der Waals surface area (Å²) in [4.78, 5) is 14.7. The molecule has 2 aliphatic heterocycles. The molecule has 8 heteroatoms. The number of amides is 1. The van der Waals surface area contributed by atoms with Crippen LogP contribution in [0.15, 0.2) is 60.7 Å². The summed E-state index contributed by atoms with van der Waals surface area (Å²) >= 11 is 0. The summed E-state index contributed by atoms with van der Waals surface area (Å²) in [7, 11) is 0. The quantitative estimate of drug-likeness (QED) is 0.720. The van der Waals surface area contributed by atoms with Crippen LogP contribution in [0.5, 0.6) is 0 Å². The van der Waals surface area contributed by atoms with Crippen LogP contribution in [-0.4, -0.2) is 56.9 Å². The number of nitrogens with zero attached hydrogens (tertiary/aromatic N) is 4. The summed E-state index contributed by atoms with van der Waals surface area (Å²) in [5, 5.41) is 14.4. The first-order valence-corrected chi connectivity index (χ1v) is 9.90. The van der Waals surface area contributed by atoms with Gasteiger partial charge < -0.3 is 9.47 Å². The van der Waals surface area contributed by atoms with Crippen molar-refractivity contribution in [1.82, 2.24) is 25.5 Å². The lowest BCUT2D eigenvalue weighted by Crippen LogP contribution is -2.56. The van der Waals surface area contributed by atoms with Crippen molar-refractivity contribution >= 4 is 11.7 Å². The molecule has 5 rings (SSSR count). The lowest BCUT2D eigenvalue weighted by molar-refractivity contribution is -0.0342. The number of nitrogens with one attached hydrogen (secondary N) is 1. The molecule has 3 aromatic rings. The summed E-state index contributed by atoms with van der Waals surface area (Å²) in [5.41, 5.74) is 4.08. The van der Waals surface area contributed by atoms with E-state index in [-0.39, 0.29) is 24.8 Å². The Hall–Kier alpha value is -3.52. The number of carbonyl (C=O) groups excluding carboxylic acids is 1. The van der Waals surface area contributed by atoms with Crippen molar-refractivity contribution in [1.29, 1.82) is 0 Å². The Balaban J connectivity index is 1.39. The molecule has 0 radical (unpaired) electrons. The van der Waals surface area contributed by atoms with Gasteiger partial charge in [0.1, 0.15) is 6.61 Å². The van der Waals surface area contributed by atoms with Crippen LogP contribution in [0.2, 0.25) is 0 Å². The van der Waals surface area contributed by atoms with Crippen molar-refractivity contribution in [3.63, 3.8) is 0 Å². The van der Waals surface area contributed by atoms with E-state index >= 15 is 0 Å². The van der Waals surface area contributed by atoms with Crippen molar-refractivity contribution in [2.24, 2.45) is 0 Å². The Kier molecular flexibility index (Phi) is 4.98. The molecule has 1 fully saturated rings. The standard InChI is InChI=1S/C22H21N5O3/c28-22(30-12-15-6-2-1-3-7-15)27-17-10-16(11-18(27)14-29-13-17)19-8-4-5-9-20(19)21-23-25-26-24-21/h1-10,17-18H,11-14H2,(H,23,24,25,26). The van der Waals surface area contributed by atoms with Gasteiger partial charge in [-0.05, 0) is 28.3 Å². The second-order valence-electron chi connectivity index (χ2n) is 7.38. The van der Waals surface area contributed by atoms with Crippen molar-refractivity contribution in [2.45, 2.75) is 25.1 Å². The average molecular weight is 403 g/mol.